The summed E-state index contributed by atoms with van der Waals surface area (Å²) in [6.07, 6.45) is 17.6. The van der Waals surface area contributed by atoms with Crippen molar-refractivity contribution in [2.75, 3.05) is 7.11 Å². The molecule has 0 heterocycles. The monoisotopic (exact) mass is 338 g/mol. The molecule has 0 amide bonds. The van der Waals surface area contributed by atoms with Gasteiger partial charge in [0.25, 0.3) is 0 Å². The molecular weight excluding hydrogens is 304 g/mol. The van der Waals surface area contributed by atoms with Gasteiger partial charge in [-0.3, -0.25) is 0 Å². The van der Waals surface area contributed by atoms with Gasteiger partial charge in [0.2, 0.25) is 0 Å². The smallest absolute Gasteiger partial charge is 0.119 e. The van der Waals surface area contributed by atoms with E-state index < -0.39 is 0 Å². The molecule has 5 unspecified atom stereocenters. The van der Waals surface area contributed by atoms with E-state index in [4.69, 9.17) is 4.74 Å². The lowest BCUT2D eigenvalue weighted by molar-refractivity contribution is 0.0810. The summed E-state index contributed by atoms with van der Waals surface area (Å²) in [4.78, 5) is 0. The Morgan fingerprint density at radius 2 is 1.64 bits per heavy atom. The number of hydrogen-bond donors (Lipinski definition) is 0. The molecule has 3 aliphatic rings. The van der Waals surface area contributed by atoms with Gasteiger partial charge in [-0.25, -0.2) is 0 Å². The lowest BCUT2D eigenvalue weighted by Gasteiger charge is -2.44. The van der Waals surface area contributed by atoms with Gasteiger partial charge in [0.1, 0.15) is 5.75 Å². The van der Waals surface area contributed by atoms with Crippen molar-refractivity contribution in [2.45, 2.75) is 64.7 Å². The van der Waals surface area contributed by atoms with E-state index in [1.807, 2.05) is 0 Å². The molecule has 1 heteroatoms. The van der Waals surface area contributed by atoms with Crippen LogP contribution in [0.5, 0.6) is 5.75 Å². The topological polar surface area (TPSA) is 9.23 Å². The lowest BCUT2D eigenvalue weighted by atomic mass is 9.61. The average molecular weight is 339 g/mol. The highest BCUT2D eigenvalue weighted by Crippen LogP contribution is 2.48. The molecule has 0 aliphatic heterocycles. The fourth-order valence-electron chi connectivity index (χ4n) is 6.13. The second-order valence-electron chi connectivity index (χ2n) is 8.83. The molecule has 2 fully saturated rings. The number of ether oxygens (including phenoxy) is 1. The predicted octanol–water partition coefficient (Wildman–Crippen LogP) is 6.21. The van der Waals surface area contributed by atoms with Gasteiger partial charge in [-0.1, -0.05) is 18.2 Å². The van der Waals surface area contributed by atoms with Crippen LogP contribution in [0.4, 0.5) is 0 Å². The van der Waals surface area contributed by atoms with Crippen LogP contribution in [0.3, 0.4) is 0 Å². The van der Waals surface area contributed by atoms with E-state index in [9.17, 15) is 0 Å². The third-order valence-corrected chi connectivity index (χ3v) is 7.51. The first-order valence-electron chi connectivity index (χ1n) is 10.6. The van der Waals surface area contributed by atoms with Crippen molar-refractivity contribution in [2.24, 2.45) is 29.6 Å². The highest BCUT2D eigenvalue weighted by molar-refractivity contribution is 5.37. The van der Waals surface area contributed by atoms with Gasteiger partial charge in [-0.05, 0) is 118 Å². The van der Waals surface area contributed by atoms with Gasteiger partial charge in [0, 0.05) is 0 Å². The Morgan fingerprint density at radius 3 is 2.44 bits per heavy atom. The maximum atomic E-state index is 5.40. The van der Waals surface area contributed by atoms with Gasteiger partial charge in [0.15, 0.2) is 0 Å². The van der Waals surface area contributed by atoms with E-state index in [0.717, 1.165) is 35.3 Å². The molecule has 3 aliphatic carbocycles. The molecule has 1 aromatic carbocycles. The maximum Gasteiger partial charge on any atom is 0.119 e. The van der Waals surface area contributed by atoms with Gasteiger partial charge in [-0.15, -0.1) is 0 Å². The predicted molar refractivity (Wildman–Crippen MR) is 105 cm³/mol. The van der Waals surface area contributed by atoms with Crippen LogP contribution in [-0.2, 0) is 12.8 Å². The molecule has 2 saturated carbocycles. The highest BCUT2D eigenvalue weighted by Gasteiger charge is 2.38. The Balaban J connectivity index is 1.38. The summed E-state index contributed by atoms with van der Waals surface area (Å²) in [5, 5.41) is 0. The molecule has 0 N–H and O–H groups in total. The average Bonchev–Trinajstić information content (AvgIpc) is 2.67. The first-order valence-corrected chi connectivity index (χ1v) is 10.6. The number of aryl methyl sites for hydroxylation is 1. The van der Waals surface area contributed by atoms with Crippen LogP contribution in [0.2, 0.25) is 0 Å². The molecule has 0 radical (unpaired) electrons. The summed E-state index contributed by atoms with van der Waals surface area (Å²) in [6, 6.07) is 6.75. The minimum atomic E-state index is 0.874. The zero-order valence-electron chi connectivity index (χ0n) is 16.0. The van der Waals surface area contributed by atoms with Crippen LogP contribution in [0.25, 0.3) is 0 Å². The minimum Gasteiger partial charge on any atom is -0.497 e. The van der Waals surface area contributed by atoms with E-state index in [1.54, 1.807) is 12.7 Å². The Bertz CT molecular complexity index is 617. The SMILES string of the molecule is C/C=C/C1CCC2CC(C3CCc4cc(OC)ccc4C3)CCC2C1. The second-order valence-corrected chi connectivity index (χ2v) is 8.83. The summed E-state index contributed by atoms with van der Waals surface area (Å²) in [6.45, 7) is 2.18. The van der Waals surface area contributed by atoms with Crippen LogP contribution >= 0.6 is 0 Å². The maximum absolute atomic E-state index is 5.40. The summed E-state index contributed by atoms with van der Waals surface area (Å²) < 4.78 is 5.40. The fraction of sp³-hybridized carbons (Fsp3) is 0.667. The number of hydrogen-bond acceptors (Lipinski definition) is 1. The quantitative estimate of drug-likeness (QED) is 0.595. The summed E-state index contributed by atoms with van der Waals surface area (Å²) >= 11 is 0. The minimum absolute atomic E-state index is 0.874. The molecule has 0 bridgehead atoms. The van der Waals surface area contributed by atoms with Gasteiger partial charge in [-0.2, -0.15) is 0 Å². The molecular formula is C24H34O. The van der Waals surface area contributed by atoms with Crippen LogP contribution in [0.15, 0.2) is 30.4 Å². The van der Waals surface area contributed by atoms with E-state index in [0.29, 0.717) is 0 Å². The molecule has 4 rings (SSSR count). The third kappa shape index (κ3) is 3.66. The normalized spacial score (nSPS) is 35.2. The van der Waals surface area contributed by atoms with Crippen molar-refractivity contribution in [1.29, 1.82) is 0 Å². The van der Waals surface area contributed by atoms with Crippen molar-refractivity contribution < 1.29 is 4.74 Å². The zero-order chi connectivity index (χ0) is 17.2. The van der Waals surface area contributed by atoms with Crippen molar-refractivity contribution in [3.63, 3.8) is 0 Å². The summed E-state index contributed by atoms with van der Waals surface area (Å²) in [5.74, 6) is 5.85. The molecule has 0 spiro atoms. The van der Waals surface area contributed by atoms with Crippen LogP contribution in [0.1, 0.15) is 63.0 Å². The molecule has 1 aromatic rings. The van der Waals surface area contributed by atoms with Crippen LogP contribution < -0.4 is 4.74 Å². The van der Waals surface area contributed by atoms with Gasteiger partial charge in [0.05, 0.1) is 7.11 Å². The van der Waals surface area contributed by atoms with Crippen LogP contribution in [0, 0.1) is 29.6 Å². The molecule has 0 aromatic heterocycles. The largest absolute Gasteiger partial charge is 0.497 e. The lowest BCUT2D eigenvalue weighted by Crippen LogP contribution is -2.34. The first-order chi connectivity index (χ1) is 12.3. The third-order valence-electron chi connectivity index (χ3n) is 7.51. The number of rotatable bonds is 3. The van der Waals surface area contributed by atoms with E-state index in [2.05, 4.69) is 37.3 Å². The highest BCUT2D eigenvalue weighted by atomic mass is 16.5. The Labute approximate surface area is 153 Å². The second kappa shape index (κ2) is 7.56. The Hall–Kier alpha value is -1.24. The molecule has 25 heavy (non-hydrogen) atoms. The summed E-state index contributed by atoms with van der Waals surface area (Å²) in [7, 11) is 1.77. The molecule has 136 valence electrons. The van der Waals surface area contributed by atoms with Crippen molar-refractivity contribution in [1.82, 2.24) is 0 Å². The zero-order valence-corrected chi connectivity index (χ0v) is 16.0. The van der Waals surface area contributed by atoms with E-state index in [-0.39, 0.29) is 0 Å². The molecule has 5 atom stereocenters. The van der Waals surface area contributed by atoms with Crippen molar-refractivity contribution >= 4 is 0 Å². The van der Waals surface area contributed by atoms with E-state index in [1.165, 1.54) is 63.4 Å². The molecule has 1 nitrogen and oxygen atoms in total. The molecule has 0 saturated heterocycles. The van der Waals surface area contributed by atoms with Gasteiger partial charge >= 0.3 is 0 Å². The Morgan fingerprint density at radius 1 is 0.880 bits per heavy atom. The Kier molecular flexibility index (Phi) is 5.20. The number of allylic oxidation sites excluding steroid dienone is 2. The number of benzene rings is 1. The van der Waals surface area contributed by atoms with Crippen molar-refractivity contribution in [3.05, 3.63) is 41.5 Å². The van der Waals surface area contributed by atoms with Gasteiger partial charge < -0.3 is 4.74 Å². The summed E-state index contributed by atoms with van der Waals surface area (Å²) in [5.41, 5.74) is 3.13. The fourth-order valence-corrected chi connectivity index (χ4v) is 6.13. The van der Waals surface area contributed by atoms with E-state index >= 15 is 0 Å². The first kappa shape index (κ1) is 17.2. The van der Waals surface area contributed by atoms with Crippen molar-refractivity contribution in [3.8, 4) is 5.75 Å². The standard InChI is InChI=1S/C24H34O/c1-3-4-17-5-6-19-14-20(8-7-18(19)13-17)21-9-10-23-16-24(25-2)12-11-22(23)15-21/h3-4,11-12,16-21H,5-10,13-15H2,1-2H3/b4-3+. The number of methoxy groups -OCH3 is 1. The number of fused-ring (bicyclic) bond motifs is 2. The van der Waals surface area contributed by atoms with Crippen LogP contribution in [-0.4, -0.2) is 7.11 Å².